The summed E-state index contributed by atoms with van der Waals surface area (Å²) in [6.07, 6.45) is 1.35. The van der Waals surface area contributed by atoms with E-state index in [-0.39, 0.29) is 17.8 Å². The molecule has 1 aliphatic rings. The molecule has 0 aliphatic carbocycles. The Balaban J connectivity index is 1.88. The van der Waals surface area contributed by atoms with Gasteiger partial charge in [-0.3, -0.25) is 0 Å². The van der Waals surface area contributed by atoms with Crippen LogP contribution in [-0.4, -0.2) is 44.6 Å². The molecule has 146 valence electrons. The van der Waals surface area contributed by atoms with E-state index in [1.165, 1.54) is 0 Å². The van der Waals surface area contributed by atoms with Crippen LogP contribution in [0.5, 0.6) is 0 Å². The lowest BCUT2D eigenvalue weighted by Gasteiger charge is -2.34. The minimum Gasteiger partial charge on any atom is -0.444 e. The number of halogens is 1. The number of hydrogen-bond donors (Lipinski definition) is 1. The second kappa shape index (κ2) is 8.59. The van der Waals surface area contributed by atoms with E-state index in [0.29, 0.717) is 30.2 Å². The largest absolute Gasteiger partial charge is 0.444 e. The molecule has 1 N–H and O–H groups in total. The van der Waals surface area contributed by atoms with E-state index >= 15 is 0 Å². The van der Waals surface area contributed by atoms with Crippen molar-refractivity contribution in [3.63, 3.8) is 0 Å². The summed E-state index contributed by atoms with van der Waals surface area (Å²) in [7, 11) is -3.49. The summed E-state index contributed by atoms with van der Waals surface area (Å²) < 4.78 is 32.7. The number of carbonyl (C=O) groups is 1. The predicted molar refractivity (Wildman–Crippen MR) is 103 cm³/mol. The maximum atomic E-state index is 12.3. The normalized spacial score (nSPS) is 18.6. The highest BCUT2D eigenvalue weighted by molar-refractivity contribution is 7.88. The summed E-state index contributed by atoms with van der Waals surface area (Å²) >= 11 is 6.04. The molecule has 0 spiro atoms. The van der Waals surface area contributed by atoms with Crippen LogP contribution in [0.15, 0.2) is 24.3 Å². The molecule has 2 rings (SSSR count). The van der Waals surface area contributed by atoms with Crippen LogP contribution in [0.1, 0.15) is 39.2 Å². The van der Waals surface area contributed by atoms with Gasteiger partial charge in [0.1, 0.15) is 5.60 Å². The molecule has 0 radical (unpaired) electrons. The molecule has 1 aliphatic heterocycles. The third-order valence-corrected chi connectivity index (χ3v) is 5.73. The summed E-state index contributed by atoms with van der Waals surface area (Å²) in [4.78, 5) is 13.8. The molecule has 26 heavy (non-hydrogen) atoms. The smallest absolute Gasteiger partial charge is 0.410 e. The first-order valence-electron chi connectivity index (χ1n) is 8.74. The SMILES string of the molecule is CC(C)(C)OC(=O)N1CCC[C@H](CNS(=O)(=O)Cc2ccccc2Cl)C1. The lowest BCUT2D eigenvalue weighted by atomic mass is 9.99. The number of carbonyl (C=O) groups excluding carboxylic acids is 1. The second-order valence-corrected chi connectivity index (χ2v) is 9.85. The number of sulfonamides is 1. The van der Waals surface area contributed by atoms with Gasteiger partial charge in [0.05, 0.1) is 5.75 Å². The van der Waals surface area contributed by atoms with Crippen LogP contribution < -0.4 is 4.72 Å². The second-order valence-electron chi connectivity index (χ2n) is 7.63. The van der Waals surface area contributed by atoms with Crippen LogP contribution in [0.25, 0.3) is 0 Å². The third kappa shape index (κ3) is 6.78. The number of ether oxygens (including phenoxy) is 1. The fourth-order valence-corrected chi connectivity index (χ4v) is 4.37. The van der Waals surface area contributed by atoms with Gasteiger partial charge in [0.15, 0.2) is 0 Å². The van der Waals surface area contributed by atoms with Crippen molar-refractivity contribution in [2.45, 2.75) is 45.0 Å². The number of rotatable bonds is 5. The Morgan fingerprint density at radius 2 is 2.04 bits per heavy atom. The number of benzene rings is 1. The predicted octanol–water partition coefficient (Wildman–Crippen LogP) is 3.41. The first-order chi connectivity index (χ1) is 12.1. The lowest BCUT2D eigenvalue weighted by Crippen LogP contribution is -2.45. The number of amides is 1. The first-order valence-corrected chi connectivity index (χ1v) is 10.8. The number of nitrogens with one attached hydrogen (secondary N) is 1. The average Bonchev–Trinajstić information content (AvgIpc) is 2.54. The molecule has 1 aromatic carbocycles. The van der Waals surface area contributed by atoms with Crippen LogP contribution in [0.3, 0.4) is 0 Å². The quantitative estimate of drug-likeness (QED) is 0.818. The first kappa shape index (κ1) is 21.0. The summed E-state index contributed by atoms with van der Waals surface area (Å²) in [6, 6.07) is 6.90. The fraction of sp³-hybridized carbons (Fsp3) is 0.611. The van der Waals surface area contributed by atoms with Crippen molar-refractivity contribution in [1.29, 1.82) is 0 Å². The minimum atomic E-state index is -3.49. The topological polar surface area (TPSA) is 75.7 Å². The van der Waals surface area contributed by atoms with Crippen LogP contribution in [0.4, 0.5) is 4.79 Å². The zero-order valence-electron chi connectivity index (χ0n) is 15.5. The van der Waals surface area contributed by atoms with Gasteiger partial charge in [-0.15, -0.1) is 0 Å². The molecule has 1 fully saturated rings. The Morgan fingerprint density at radius 3 is 2.69 bits per heavy atom. The minimum absolute atomic E-state index is 0.0669. The molecule has 8 heteroatoms. The zero-order chi connectivity index (χ0) is 19.4. The van der Waals surface area contributed by atoms with E-state index < -0.39 is 15.6 Å². The van der Waals surface area contributed by atoms with E-state index in [2.05, 4.69) is 4.72 Å². The molecule has 0 saturated carbocycles. The van der Waals surface area contributed by atoms with Gasteiger partial charge < -0.3 is 9.64 Å². The number of nitrogens with zero attached hydrogens (tertiary/aromatic N) is 1. The van der Waals surface area contributed by atoms with Crippen LogP contribution in [-0.2, 0) is 20.5 Å². The molecule has 0 aromatic heterocycles. The van der Waals surface area contributed by atoms with Gasteiger partial charge in [-0.05, 0) is 51.2 Å². The Bertz CT molecular complexity index is 731. The van der Waals surface area contributed by atoms with E-state index in [1.54, 1.807) is 29.2 Å². The summed E-state index contributed by atoms with van der Waals surface area (Å²) in [5, 5.41) is 0.437. The van der Waals surface area contributed by atoms with Gasteiger partial charge in [0, 0.05) is 24.7 Å². The number of piperidine rings is 1. The Hall–Kier alpha value is -1.31. The molecule has 1 atom stereocenters. The van der Waals surface area contributed by atoms with E-state index in [9.17, 15) is 13.2 Å². The van der Waals surface area contributed by atoms with Crippen molar-refractivity contribution in [1.82, 2.24) is 9.62 Å². The van der Waals surface area contributed by atoms with Gasteiger partial charge in [0.2, 0.25) is 10.0 Å². The van der Waals surface area contributed by atoms with E-state index in [4.69, 9.17) is 16.3 Å². The van der Waals surface area contributed by atoms with Crippen molar-refractivity contribution in [2.75, 3.05) is 19.6 Å². The average molecular weight is 403 g/mol. The van der Waals surface area contributed by atoms with Gasteiger partial charge in [-0.1, -0.05) is 29.8 Å². The highest BCUT2D eigenvalue weighted by atomic mass is 35.5. The summed E-state index contributed by atoms with van der Waals surface area (Å²) in [6.45, 7) is 6.91. The van der Waals surface area contributed by atoms with Crippen molar-refractivity contribution in [2.24, 2.45) is 5.92 Å². The Morgan fingerprint density at radius 1 is 1.35 bits per heavy atom. The third-order valence-electron chi connectivity index (χ3n) is 4.07. The Labute approximate surface area is 160 Å². The highest BCUT2D eigenvalue weighted by Gasteiger charge is 2.28. The molecule has 1 aromatic rings. The molecule has 1 heterocycles. The standard InChI is InChI=1S/C18H27ClN2O4S/c1-18(2,3)25-17(22)21-10-6-7-14(12-21)11-20-26(23,24)13-15-8-4-5-9-16(15)19/h4-5,8-9,14,20H,6-7,10-13H2,1-3H3/t14-/m1/s1. The van der Waals surface area contributed by atoms with Gasteiger partial charge in [-0.25, -0.2) is 17.9 Å². The fourth-order valence-electron chi connectivity index (χ4n) is 2.84. The molecule has 0 bridgehead atoms. The lowest BCUT2D eigenvalue weighted by molar-refractivity contribution is 0.0169. The highest BCUT2D eigenvalue weighted by Crippen LogP contribution is 2.20. The van der Waals surface area contributed by atoms with Crippen molar-refractivity contribution < 1.29 is 17.9 Å². The molecular formula is C18H27ClN2O4S. The summed E-state index contributed by atoms with van der Waals surface area (Å²) in [5.74, 6) is -0.0906. The zero-order valence-corrected chi connectivity index (χ0v) is 17.1. The van der Waals surface area contributed by atoms with Crippen LogP contribution in [0.2, 0.25) is 5.02 Å². The molecule has 1 amide bonds. The number of hydrogen-bond acceptors (Lipinski definition) is 4. The molecule has 6 nitrogen and oxygen atoms in total. The van der Waals surface area contributed by atoms with Crippen LogP contribution >= 0.6 is 11.6 Å². The van der Waals surface area contributed by atoms with E-state index in [1.807, 2.05) is 20.8 Å². The van der Waals surface area contributed by atoms with Gasteiger partial charge in [-0.2, -0.15) is 0 Å². The van der Waals surface area contributed by atoms with Crippen molar-refractivity contribution >= 4 is 27.7 Å². The maximum absolute atomic E-state index is 12.3. The van der Waals surface area contributed by atoms with Crippen LogP contribution in [0, 0.1) is 5.92 Å². The molecule has 0 unspecified atom stereocenters. The van der Waals surface area contributed by atoms with Crippen molar-refractivity contribution in [3.05, 3.63) is 34.9 Å². The monoisotopic (exact) mass is 402 g/mol. The summed E-state index contributed by atoms with van der Waals surface area (Å²) in [5.41, 5.74) is 0.0290. The van der Waals surface area contributed by atoms with Gasteiger partial charge in [0.25, 0.3) is 0 Å². The van der Waals surface area contributed by atoms with Crippen molar-refractivity contribution in [3.8, 4) is 0 Å². The Kier molecular flexibility index (Phi) is 6.93. The number of likely N-dealkylation sites (tertiary alicyclic amines) is 1. The van der Waals surface area contributed by atoms with Gasteiger partial charge >= 0.3 is 6.09 Å². The maximum Gasteiger partial charge on any atom is 0.410 e. The molecule has 1 saturated heterocycles. The van der Waals surface area contributed by atoms with E-state index in [0.717, 1.165) is 12.8 Å². The molecular weight excluding hydrogens is 376 g/mol.